The van der Waals surface area contributed by atoms with E-state index in [1.54, 1.807) is 30.3 Å². The normalized spacial score (nSPS) is 12.4. The maximum Gasteiger partial charge on any atom is 0.320 e. The van der Waals surface area contributed by atoms with Crippen LogP contribution in [-0.2, 0) is 11.2 Å². The Kier molecular flexibility index (Phi) is 9.70. The number of carbonyl (C=O) groups excluding carboxylic acids is 1. The van der Waals surface area contributed by atoms with E-state index in [1.807, 2.05) is 6.08 Å². The van der Waals surface area contributed by atoms with Crippen LogP contribution in [0.25, 0.3) is 0 Å². The van der Waals surface area contributed by atoms with Gasteiger partial charge in [-0.3, -0.25) is 9.59 Å². The van der Waals surface area contributed by atoms with E-state index in [1.165, 1.54) is 32.1 Å². The number of hydrogen-bond acceptors (Lipinski definition) is 3. The van der Waals surface area contributed by atoms with Crippen molar-refractivity contribution in [2.45, 2.75) is 64.3 Å². The minimum absolute atomic E-state index is 0.0185. The molecule has 1 atom stereocenters. The van der Waals surface area contributed by atoms with Crippen LogP contribution in [0.5, 0.6) is 0 Å². The predicted octanol–water partition coefficient (Wildman–Crippen LogP) is 4.13. The molecule has 0 bridgehead atoms. The fraction of sp³-hybridized carbons (Fsp3) is 0.500. The Hall–Kier alpha value is -1.94. The molecule has 0 spiro atoms. The van der Waals surface area contributed by atoms with Crippen LogP contribution in [0.2, 0.25) is 0 Å². The molecule has 1 aromatic carbocycles. The predicted molar refractivity (Wildman–Crippen MR) is 97.2 cm³/mol. The summed E-state index contributed by atoms with van der Waals surface area (Å²) in [6.07, 6.45) is 12.3. The summed E-state index contributed by atoms with van der Waals surface area (Å²) in [7, 11) is 0. The summed E-state index contributed by atoms with van der Waals surface area (Å²) >= 11 is 0. The van der Waals surface area contributed by atoms with Gasteiger partial charge in [-0.25, -0.2) is 0 Å². The molecule has 4 nitrogen and oxygen atoms in total. The summed E-state index contributed by atoms with van der Waals surface area (Å²) in [4.78, 5) is 22.8. The quantitative estimate of drug-likeness (QED) is 0.343. The first-order chi connectivity index (χ1) is 11.5. The molecule has 0 unspecified atom stereocenters. The third kappa shape index (κ3) is 8.06. The van der Waals surface area contributed by atoms with Gasteiger partial charge in [0, 0.05) is 5.56 Å². The van der Waals surface area contributed by atoms with Crippen molar-refractivity contribution < 1.29 is 14.7 Å². The van der Waals surface area contributed by atoms with Gasteiger partial charge in [0.05, 0.1) is 0 Å². The Morgan fingerprint density at radius 3 is 2.33 bits per heavy atom. The molecule has 0 aliphatic rings. The van der Waals surface area contributed by atoms with Gasteiger partial charge in [0.15, 0.2) is 5.78 Å². The van der Waals surface area contributed by atoms with Crippen molar-refractivity contribution in [3.63, 3.8) is 0 Å². The Balaban J connectivity index is 2.34. The zero-order chi connectivity index (χ0) is 17.8. The van der Waals surface area contributed by atoms with Crippen molar-refractivity contribution in [2.24, 2.45) is 5.73 Å². The lowest BCUT2D eigenvalue weighted by Crippen LogP contribution is -2.32. The van der Waals surface area contributed by atoms with Crippen LogP contribution in [0.4, 0.5) is 0 Å². The molecule has 24 heavy (non-hydrogen) atoms. The number of allylic oxidation sites excluding steroid dienone is 2. The third-order valence-electron chi connectivity index (χ3n) is 4.00. The number of hydrogen-bond donors (Lipinski definition) is 2. The van der Waals surface area contributed by atoms with Crippen molar-refractivity contribution in [1.82, 2.24) is 0 Å². The number of carboxylic acid groups (broad SMARTS) is 1. The molecule has 0 saturated heterocycles. The van der Waals surface area contributed by atoms with Crippen molar-refractivity contribution in [3.8, 4) is 0 Å². The summed E-state index contributed by atoms with van der Waals surface area (Å²) in [6.45, 7) is 2.21. The highest BCUT2D eigenvalue weighted by Gasteiger charge is 2.12. The molecule has 0 aliphatic carbocycles. The summed E-state index contributed by atoms with van der Waals surface area (Å²) in [5.41, 5.74) is 6.93. The van der Waals surface area contributed by atoms with Crippen LogP contribution in [0, 0.1) is 0 Å². The highest BCUT2D eigenvalue weighted by molar-refractivity contribution is 6.04. The number of carboxylic acids is 1. The van der Waals surface area contributed by atoms with Crippen LogP contribution in [0.15, 0.2) is 36.4 Å². The van der Waals surface area contributed by atoms with Gasteiger partial charge in [-0.15, -0.1) is 0 Å². The molecular formula is C20H29NO3. The van der Waals surface area contributed by atoms with Crippen LogP contribution in [0.3, 0.4) is 0 Å². The first kappa shape index (κ1) is 20.1. The maximum atomic E-state index is 12.1. The molecule has 1 aromatic rings. The van der Waals surface area contributed by atoms with Gasteiger partial charge in [-0.05, 0) is 30.9 Å². The average Bonchev–Trinajstić information content (AvgIpc) is 2.57. The lowest BCUT2D eigenvalue weighted by Gasteiger charge is -2.06. The van der Waals surface area contributed by atoms with Gasteiger partial charge in [-0.1, -0.05) is 69.4 Å². The van der Waals surface area contributed by atoms with E-state index < -0.39 is 12.0 Å². The van der Waals surface area contributed by atoms with E-state index in [0.29, 0.717) is 5.56 Å². The molecule has 4 heteroatoms. The number of carbonyl (C=O) groups is 2. The second kappa shape index (κ2) is 11.6. The lowest BCUT2D eigenvalue weighted by molar-refractivity contribution is -0.138. The minimum Gasteiger partial charge on any atom is -0.480 e. The summed E-state index contributed by atoms with van der Waals surface area (Å²) < 4.78 is 0. The van der Waals surface area contributed by atoms with E-state index >= 15 is 0 Å². The van der Waals surface area contributed by atoms with E-state index in [4.69, 9.17) is 10.8 Å². The Bertz CT molecular complexity index is 534. The minimum atomic E-state index is -1.02. The second-order valence-corrected chi connectivity index (χ2v) is 6.17. The molecule has 0 fully saturated rings. The average molecular weight is 331 g/mol. The van der Waals surface area contributed by atoms with Crippen molar-refractivity contribution in [2.75, 3.05) is 0 Å². The van der Waals surface area contributed by atoms with E-state index in [9.17, 15) is 9.59 Å². The topological polar surface area (TPSA) is 80.4 Å². The van der Waals surface area contributed by atoms with Crippen LogP contribution in [-0.4, -0.2) is 22.9 Å². The van der Waals surface area contributed by atoms with E-state index in [-0.39, 0.29) is 12.2 Å². The zero-order valence-electron chi connectivity index (χ0n) is 14.5. The zero-order valence-corrected chi connectivity index (χ0v) is 14.5. The summed E-state index contributed by atoms with van der Waals surface area (Å²) in [5, 5.41) is 8.80. The Morgan fingerprint density at radius 2 is 1.71 bits per heavy atom. The molecule has 0 saturated carbocycles. The van der Waals surface area contributed by atoms with Gasteiger partial charge in [-0.2, -0.15) is 0 Å². The van der Waals surface area contributed by atoms with Crippen LogP contribution >= 0.6 is 0 Å². The van der Waals surface area contributed by atoms with E-state index in [0.717, 1.165) is 18.4 Å². The molecular weight excluding hydrogens is 302 g/mol. The van der Waals surface area contributed by atoms with Crippen molar-refractivity contribution >= 4 is 11.8 Å². The van der Waals surface area contributed by atoms with Crippen molar-refractivity contribution in [3.05, 3.63) is 47.5 Å². The smallest absolute Gasteiger partial charge is 0.320 e. The number of ketones is 1. The Labute approximate surface area is 144 Å². The molecule has 0 aromatic heterocycles. The maximum absolute atomic E-state index is 12.1. The lowest BCUT2D eigenvalue weighted by atomic mass is 10.0. The van der Waals surface area contributed by atoms with Gasteiger partial charge in [0.1, 0.15) is 6.04 Å². The van der Waals surface area contributed by atoms with Gasteiger partial charge >= 0.3 is 5.97 Å². The van der Waals surface area contributed by atoms with Crippen molar-refractivity contribution in [1.29, 1.82) is 0 Å². The SMILES string of the molecule is CCCCCCCCC=CC(=O)c1ccc(C[C@H](N)C(=O)O)cc1. The molecule has 132 valence electrons. The molecule has 0 aliphatic heterocycles. The standard InChI is InChI=1S/C20H29NO3/c1-2-3-4-5-6-7-8-9-10-19(22)17-13-11-16(12-14-17)15-18(21)20(23)24/h9-14,18H,2-8,15,21H2,1H3,(H,23,24)/t18-/m0/s1. The number of aliphatic carboxylic acids is 1. The fourth-order valence-corrected chi connectivity index (χ4v) is 2.48. The van der Waals surface area contributed by atoms with Crippen LogP contribution < -0.4 is 5.73 Å². The van der Waals surface area contributed by atoms with Gasteiger partial charge in [0.25, 0.3) is 0 Å². The number of rotatable bonds is 12. The molecule has 0 amide bonds. The highest BCUT2D eigenvalue weighted by atomic mass is 16.4. The first-order valence-electron chi connectivity index (χ1n) is 8.82. The monoisotopic (exact) mass is 331 g/mol. The van der Waals surface area contributed by atoms with E-state index in [2.05, 4.69) is 6.92 Å². The second-order valence-electron chi connectivity index (χ2n) is 6.17. The number of benzene rings is 1. The third-order valence-corrected chi connectivity index (χ3v) is 4.00. The molecule has 0 heterocycles. The van der Waals surface area contributed by atoms with Gasteiger partial charge in [0.2, 0.25) is 0 Å². The largest absolute Gasteiger partial charge is 0.480 e. The van der Waals surface area contributed by atoms with Gasteiger partial charge < -0.3 is 10.8 Å². The molecule has 1 rings (SSSR count). The van der Waals surface area contributed by atoms with Crippen LogP contribution in [0.1, 0.15) is 67.8 Å². The fourth-order valence-electron chi connectivity index (χ4n) is 2.48. The number of nitrogens with two attached hydrogens (primary N) is 1. The summed E-state index contributed by atoms with van der Waals surface area (Å²) in [5.74, 6) is -1.04. The molecule has 0 radical (unpaired) electrons. The summed E-state index contributed by atoms with van der Waals surface area (Å²) in [6, 6.07) is 6.06. The first-order valence-corrected chi connectivity index (χ1v) is 8.82. The number of unbranched alkanes of at least 4 members (excludes halogenated alkanes) is 6. The Morgan fingerprint density at radius 1 is 1.08 bits per heavy atom. The molecule has 3 N–H and O–H groups in total. The highest BCUT2D eigenvalue weighted by Crippen LogP contribution is 2.10.